The Kier molecular flexibility index (Phi) is 6.83. The van der Waals surface area contributed by atoms with Gasteiger partial charge in [-0.2, -0.15) is 5.10 Å². The fraction of sp³-hybridized carbons (Fsp3) is 0.556. The number of piperidine rings is 1. The molecule has 0 unspecified atom stereocenters. The second kappa shape index (κ2) is 10.0. The molecule has 1 saturated carbocycles. The Hall–Kier alpha value is -3.20. The van der Waals surface area contributed by atoms with Crippen LogP contribution in [-0.2, 0) is 11.3 Å². The molecule has 2 N–H and O–H groups in total. The van der Waals surface area contributed by atoms with Gasteiger partial charge < -0.3 is 15.3 Å². The summed E-state index contributed by atoms with van der Waals surface area (Å²) in [5, 5.41) is 19.5. The fourth-order valence-corrected chi connectivity index (χ4v) is 5.02. The Balaban J connectivity index is 1.28. The summed E-state index contributed by atoms with van der Waals surface area (Å²) >= 11 is 0. The molecule has 192 valence electrons. The van der Waals surface area contributed by atoms with Gasteiger partial charge in [-0.25, -0.2) is 9.67 Å². The predicted octanol–water partition coefficient (Wildman–Crippen LogP) is 3.19. The third-order valence-electron chi connectivity index (χ3n) is 7.81. The summed E-state index contributed by atoms with van der Waals surface area (Å²) in [4.78, 5) is 31.9. The Morgan fingerprint density at radius 2 is 1.86 bits per heavy atom. The SMILES string of the molecule is CCC(CC)CNc1ccc(-n2ncc3c(=O)n(CC4(O)CCN(C(=O)C5CC5)CC4)cnc32)cc1. The zero-order valence-corrected chi connectivity index (χ0v) is 21.2. The van der Waals surface area contributed by atoms with Gasteiger partial charge in [-0.1, -0.05) is 26.7 Å². The van der Waals surface area contributed by atoms with E-state index in [2.05, 4.69) is 29.2 Å². The molecule has 1 aliphatic carbocycles. The maximum Gasteiger partial charge on any atom is 0.264 e. The van der Waals surface area contributed by atoms with Crippen molar-refractivity contribution in [2.45, 2.75) is 64.5 Å². The summed E-state index contributed by atoms with van der Waals surface area (Å²) in [6.07, 6.45) is 8.20. The van der Waals surface area contributed by atoms with Crippen LogP contribution in [0.4, 0.5) is 5.69 Å². The van der Waals surface area contributed by atoms with Gasteiger partial charge >= 0.3 is 0 Å². The zero-order valence-electron chi connectivity index (χ0n) is 21.2. The topological polar surface area (TPSA) is 105 Å². The van der Waals surface area contributed by atoms with Crippen LogP contribution < -0.4 is 10.9 Å². The molecule has 36 heavy (non-hydrogen) atoms. The number of likely N-dealkylation sites (tertiary alicyclic amines) is 1. The van der Waals surface area contributed by atoms with E-state index in [9.17, 15) is 14.7 Å². The summed E-state index contributed by atoms with van der Waals surface area (Å²) < 4.78 is 3.14. The molecular formula is C27H36N6O3. The van der Waals surface area contributed by atoms with Crippen LogP contribution in [0.15, 0.2) is 41.6 Å². The minimum atomic E-state index is -1.03. The highest BCUT2D eigenvalue weighted by atomic mass is 16.3. The minimum absolute atomic E-state index is 0.155. The summed E-state index contributed by atoms with van der Waals surface area (Å²) in [6, 6.07) is 7.97. The van der Waals surface area contributed by atoms with Gasteiger partial charge in [0.1, 0.15) is 11.7 Å². The van der Waals surface area contributed by atoms with E-state index in [1.807, 2.05) is 29.2 Å². The number of aliphatic hydroxyl groups is 1. The van der Waals surface area contributed by atoms with Gasteiger partial charge in [0.25, 0.3) is 5.56 Å². The highest BCUT2D eigenvalue weighted by Gasteiger charge is 2.39. The van der Waals surface area contributed by atoms with Gasteiger partial charge in [0.15, 0.2) is 5.65 Å². The molecule has 1 saturated heterocycles. The predicted molar refractivity (Wildman–Crippen MR) is 139 cm³/mol. The van der Waals surface area contributed by atoms with E-state index >= 15 is 0 Å². The van der Waals surface area contributed by atoms with Crippen molar-refractivity contribution in [3.8, 4) is 5.69 Å². The van der Waals surface area contributed by atoms with Crippen LogP contribution in [0.5, 0.6) is 0 Å². The lowest BCUT2D eigenvalue weighted by molar-refractivity contribution is -0.137. The van der Waals surface area contributed by atoms with Crippen molar-refractivity contribution in [3.05, 3.63) is 47.1 Å². The quantitative estimate of drug-likeness (QED) is 0.475. The Labute approximate surface area is 211 Å². The van der Waals surface area contributed by atoms with E-state index in [1.54, 1.807) is 10.9 Å². The van der Waals surface area contributed by atoms with Crippen LogP contribution >= 0.6 is 0 Å². The number of carbonyl (C=O) groups excluding carboxylic acids is 1. The molecule has 2 aliphatic rings. The van der Waals surface area contributed by atoms with Crippen molar-refractivity contribution in [2.75, 3.05) is 25.0 Å². The van der Waals surface area contributed by atoms with Crippen LogP contribution in [0.2, 0.25) is 0 Å². The maximum absolute atomic E-state index is 13.2. The van der Waals surface area contributed by atoms with E-state index < -0.39 is 5.60 Å². The molecule has 1 aromatic carbocycles. The van der Waals surface area contributed by atoms with Crippen molar-refractivity contribution in [3.63, 3.8) is 0 Å². The third kappa shape index (κ3) is 5.02. The Bertz CT molecular complexity index is 1260. The maximum atomic E-state index is 13.2. The lowest BCUT2D eigenvalue weighted by Crippen LogP contribution is -2.50. The fourth-order valence-electron chi connectivity index (χ4n) is 5.02. The first-order chi connectivity index (χ1) is 17.4. The number of fused-ring (bicyclic) bond motifs is 1. The van der Waals surface area contributed by atoms with Crippen LogP contribution in [0.25, 0.3) is 16.7 Å². The number of aromatic nitrogens is 4. The summed E-state index contributed by atoms with van der Waals surface area (Å²) in [5.74, 6) is 1.05. The van der Waals surface area contributed by atoms with Gasteiger partial charge in [-0.05, 0) is 55.9 Å². The number of hydrogen-bond donors (Lipinski definition) is 2. The van der Waals surface area contributed by atoms with Crippen LogP contribution in [0, 0.1) is 11.8 Å². The highest BCUT2D eigenvalue weighted by Crippen LogP contribution is 2.33. The molecule has 2 fully saturated rings. The molecule has 9 nitrogen and oxygen atoms in total. The Morgan fingerprint density at radius 1 is 1.17 bits per heavy atom. The second-order valence-corrected chi connectivity index (χ2v) is 10.4. The molecule has 5 rings (SSSR count). The largest absolute Gasteiger partial charge is 0.388 e. The van der Waals surface area contributed by atoms with E-state index in [4.69, 9.17) is 0 Å². The van der Waals surface area contributed by atoms with E-state index in [1.165, 1.54) is 10.9 Å². The standard InChI is InChI=1S/C27H36N6O3/c1-3-19(4-2)15-28-21-7-9-22(10-8-21)33-24-23(16-30-33)26(35)32(18-29-24)17-27(36)11-13-31(14-12-27)25(34)20-5-6-20/h7-10,16,18-20,28,36H,3-6,11-15,17H2,1-2H3. The monoisotopic (exact) mass is 492 g/mol. The van der Waals surface area contributed by atoms with Crippen molar-refractivity contribution < 1.29 is 9.90 Å². The molecule has 0 bridgehead atoms. The lowest BCUT2D eigenvalue weighted by atomic mass is 9.91. The third-order valence-corrected chi connectivity index (χ3v) is 7.81. The molecular weight excluding hydrogens is 456 g/mol. The number of anilines is 1. The summed E-state index contributed by atoms with van der Waals surface area (Å²) in [6.45, 7) is 6.57. The van der Waals surface area contributed by atoms with Gasteiger partial charge in [-0.15, -0.1) is 0 Å². The second-order valence-electron chi connectivity index (χ2n) is 10.4. The zero-order chi connectivity index (χ0) is 25.3. The van der Waals surface area contributed by atoms with Crippen LogP contribution in [-0.4, -0.2) is 60.5 Å². The van der Waals surface area contributed by atoms with Gasteiger partial charge in [0.05, 0.1) is 24.0 Å². The van der Waals surface area contributed by atoms with Gasteiger partial charge in [0, 0.05) is 31.2 Å². The molecule has 0 atom stereocenters. The normalized spacial score (nSPS) is 17.6. The molecule has 1 aliphatic heterocycles. The average Bonchev–Trinajstić information content (AvgIpc) is 3.66. The highest BCUT2D eigenvalue weighted by molar-refractivity contribution is 5.81. The number of carbonyl (C=O) groups is 1. The van der Waals surface area contributed by atoms with E-state index in [0.29, 0.717) is 42.9 Å². The van der Waals surface area contributed by atoms with Crippen molar-refractivity contribution in [1.82, 2.24) is 24.2 Å². The molecule has 1 amide bonds. The number of rotatable bonds is 9. The number of amides is 1. The number of nitrogens with one attached hydrogen (secondary N) is 1. The molecule has 2 aromatic heterocycles. The number of hydrogen-bond acceptors (Lipinski definition) is 6. The lowest BCUT2D eigenvalue weighted by Gasteiger charge is -2.38. The Morgan fingerprint density at radius 3 is 2.50 bits per heavy atom. The number of benzene rings is 1. The van der Waals surface area contributed by atoms with Crippen molar-refractivity contribution in [1.29, 1.82) is 0 Å². The van der Waals surface area contributed by atoms with E-state index in [-0.39, 0.29) is 23.9 Å². The number of nitrogens with zero attached hydrogens (tertiary/aromatic N) is 5. The first-order valence-electron chi connectivity index (χ1n) is 13.2. The van der Waals surface area contributed by atoms with E-state index in [0.717, 1.165) is 43.6 Å². The summed E-state index contributed by atoms with van der Waals surface area (Å²) in [7, 11) is 0. The van der Waals surface area contributed by atoms with Crippen LogP contribution in [0.1, 0.15) is 52.4 Å². The molecule has 9 heteroatoms. The molecule has 3 aromatic rings. The van der Waals surface area contributed by atoms with Crippen molar-refractivity contribution >= 4 is 22.6 Å². The first-order valence-corrected chi connectivity index (χ1v) is 13.2. The van der Waals surface area contributed by atoms with Gasteiger partial charge in [0.2, 0.25) is 5.91 Å². The molecule has 0 radical (unpaired) electrons. The van der Waals surface area contributed by atoms with Crippen LogP contribution in [0.3, 0.4) is 0 Å². The molecule has 3 heterocycles. The smallest absolute Gasteiger partial charge is 0.264 e. The van der Waals surface area contributed by atoms with Gasteiger partial charge in [-0.3, -0.25) is 14.2 Å². The average molecular weight is 493 g/mol. The minimum Gasteiger partial charge on any atom is -0.388 e. The molecule has 0 spiro atoms. The first kappa shape index (κ1) is 24.5. The summed E-state index contributed by atoms with van der Waals surface area (Å²) in [5.41, 5.74) is 1.11. The van der Waals surface area contributed by atoms with Crippen molar-refractivity contribution in [2.24, 2.45) is 11.8 Å².